The molecule has 0 atom stereocenters. The molecule has 1 saturated heterocycles. The smallest absolute Gasteiger partial charge is 0.335 e. The summed E-state index contributed by atoms with van der Waals surface area (Å²) in [6.07, 6.45) is 1.09. The van der Waals surface area contributed by atoms with Crippen LogP contribution in [0.15, 0.2) is 23.1 Å². The Morgan fingerprint density at radius 2 is 2.11 bits per heavy atom. The molecule has 1 heterocycles. The molecule has 1 aliphatic heterocycles. The minimum atomic E-state index is -0.927. The van der Waals surface area contributed by atoms with Crippen LogP contribution in [0, 0.1) is 6.92 Å². The number of rotatable bonds is 4. The van der Waals surface area contributed by atoms with Crippen molar-refractivity contribution in [2.45, 2.75) is 18.2 Å². The van der Waals surface area contributed by atoms with Crippen molar-refractivity contribution in [3.63, 3.8) is 0 Å². The van der Waals surface area contributed by atoms with Crippen molar-refractivity contribution in [2.24, 2.45) is 0 Å². The second kappa shape index (κ2) is 5.44. The summed E-state index contributed by atoms with van der Waals surface area (Å²) in [6, 6.07) is 5.27. The molecule has 2 rings (SSSR count). The van der Waals surface area contributed by atoms with Crippen LogP contribution in [0.5, 0.6) is 0 Å². The molecule has 18 heavy (non-hydrogen) atoms. The van der Waals surface area contributed by atoms with E-state index in [0.717, 1.165) is 30.0 Å². The lowest BCUT2D eigenvalue weighted by Gasteiger charge is -2.30. The minimum Gasteiger partial charge on any atom is -0.478 e. The molecule has 1 fully saturated rings. The number of carbonyl (C=O) groups excluding carboxylic acids is 1. The monoisotopic (exact) mass is 265 g/mol. The lowest BCUT2D eigenvalue weighted by atomic mass is 10.1. The molecule has 0 aliphatic carbocycles. The molecular formula is C13H15NO3S. The number of carbonyl (C=O) groups is 2. The highest BCUT2D eigenvalue weighted by Crippen LogP contribution is 2.22. The highest BCUT2D eigenvalue weighted by Gasteiger charge is 2.20. The highest BCUT2D eigenvalue weighted by atomic mass is 32.2. The molecule has 1 aromatic carbocycles. The van der Waals surface area contributed by atoms with Crippen molar-refractivity contribution in [3.8, 4) is 0 Å². The van der Waals surface area contributed by atoms with Crippen LogP contribution in [0.1, 0.15) is 22.3 Å². The second-order valence-electron chi connectivity index (χ2n) is 4.30. The van der Waals surface area contributed by atoms with Gasteiger partial charge in [0, 0.05) is 18.0 Å². The Morgan fingerprint density at radius 1 is 1.39 bits per heavy atom. The second-order valence-corrected chi connectivity index (χ2v) is 5.35. The van der Waals surface area contributed by atoms with Crippen LogP contribution < -0.4 is 0 Å². The van der Waals surface area contributed by atoms with E-state index in [4.69, 9.17) is 5.11 Å². The molecular weight excluding hydrogens is 250 g/mol. The Kier molecular flexibility index (Phi) is 3.91. The number of carboxylic acid groups (broad SMARTS) is 1. The van der Waals surface area contributed by atoms with E-state index in [1.807, 2.05) is 11.0 Å². The van der Waals surface area contributed by atoms with E-state index in [9.17, 15) is 9.59 Å². The number of thioether (sulfide) groups is 1. The maximum Gasteiger partial charge on any atom is 0.335 e. The van der Waals surface area contributed by atoms with Crippen molar-refractivity contribution in [3.05, 3.63) is 29.3 Å². The van der Waals surface area contributed by atoms with Gasteiger partial charge in [-0.15, -0.1) is 11.8 Å². The Morgan fingerprint density at radius 3 is 2.67 bits per heavy atom. The van der Waals surface area contributed by atoms with E-state index >= 15 is 0 Å². The van der Waals surface area contributed by atoms with Crippen LogP contribution in [-0.2, 0) is 4.79 Å². The average molecular weight is 265 g/mol. The Labute approximate surface area is 110 Å². The summed E-state index contributed by atoms with van der Waals surface area (Å²) in [5, 5.41) is 9.02. The zero-order valence-corrected chi connectivity index (χ0v) is 11.0. The number of aryl methyl sites for hydroxylation is 1. The lowest BCUT2D eigenvalue weighted by molar-refractivity contribution is -0.131. The molecule has 0 spiro atoms. The molecule has 4 nitrogen and oxygen atoms in total. The third-order valence-corrected chi connectivity index (χ3v) is 3.99. The molecule has 0 aromatic heterocycles. The van der Waals surface area contributed by atoms with Crippen LogP contribution in [0.3, 0.4) is 0 Å². The summed E-state index contributed by atoms with van der Waals surface area (Å²) >= 11 is 1.39. The zero-order chi connectivity index (χ0) is 13.1. The highest BCUT2D eigenvalue weighted by molar-refractivity contribution is 8.00. The number of nitrogens with zero attached hydrogens (tertiary/aromatic N) is 1. The molecule has 5 heteroatoms. The normalized spacial score (nSPS) is 14.2. The van der Waals surface area contributed by atoms with Crippen LogP contribution >= 0.6 is 11.8 Å². The maximum atomic E-state index is 11.7. The van der Waals surface area contributed by atoms with Gasteiger partial charge >= 0.3 is 5.97 Å². The van der Waals surface area contributed by atoms with Crippen molar-refractivity contribution in [1.82, 2.24) is 4.90 Å². The molecule has 1 amide bonds. The van der Waals surface area contributed by atoms with Crippen molar-refractivity contribution in [2.75, 3.05) is 18.8 Å². The average Bonchev–Trinajstić information content (AvgIpc) is 2.25. The topological polar surface area (TPSA) is 57.6 Å². The first-order valence-corrected chi connectivity index (χ1v) is 6.81. The van der Waals surface area contributed by atoms with Gasteiger partial charge < -0.3 is 10.0 Å². The van der Waals surface area contributed by atoms with E-state index in [2.05, 4.69) is 0 Å². The van der Waals surface area contributed by atoms with Gasteiger partial charge in [-0.2, -0.15) is 0 Å². The summed E-state index contributed by atoms with van der Waals surface area (Å²) < 4.78 is 0. The number of hydrogen-bond acceptors (Lipinski definition) is 3. The molecule has 0 bridgehead atoms. The Hall–Kier alpha value is -1.49. The van der Waals surface area contributed by atoms with Crippen molar-refractivity contribution < 1.29 is 14.7 Å². The van der Waals surface area contributed by atoms with Crippen LogP contribution in [0.25, 0.3) is 0 Å². The Balaban J connectivity index is 1.98. The van der Waals surface area contributed by atoms with Gasteiger partial charge in [-0.05, 0) is 31.0 Å². The van der Waals surface area contributed by atoms with Gasteiger partial charge in [0.25, 0.3) is 0 Å². The number of hydrogen-bond donors (Lipinski definition) is 1. The van der Waals surface area contributed by atoms with E-state index in [1.165, 1.54) is 11.8 Å². The number of aromatic carboxylic acids is 1. The van der Waals surface area contributed by atoms with Gasteiger partial charge in [-0.3, -0.25) is 4.79 Å². The van der Waals surface area contributed by atoms with Gasteiger partial charge in [-0.1, -0.05) is 6.07 Å². The van der Waals surface area contributed by atoms with E-state index in [0.29, 0.717) is 11.3 Å². The fourth-order valence-corrected chi connectivity index (χ4v) is 2.56. The molecule has 0 radical (unpaired) electrons. The van der Waals surface area contributed by atoms with Gasteiger partial charge in [0.15, 0.2) is 0 Å². The summed E-state index contributed by atoms with van der Waals surface area (Å²) in [6.45, 7) is 3.48. The number of benzene rings is 1. The summed E-state index contributed by atoms with van der Waals surface area (Å²) in [5.41, 5.74) is 1.04. The molecule has 0 unspecified atom stereocenters. The standard InChI is InChI=1S/C13H15NO3S/c1-9-3-4-10(7-11(9)13(16)17)18-8-12(15)14-5-2-6-14/h3-4,7H,2,5-6,8H2,1H3,(H,16,17). The molecule has 1 aromatic rings. The lowest BCUT2D eigenvalue weighted by Crippen LogP contribution is -2.43. The van der Waals surface area contributed by atoms with Gasteiger partial charge in [-0.25, -0.2) is 4.79 Å². The first kappa shape index (κ1) is 13.0. The maximum absolute atomic E-state index is 11.7. The quantitative estimate of drug-likeness (QED) is 0.846. The number of amides is 1. The van der Waals surface area contributed by atoms with Crippen LogP contribution in [0.4, 0.5) is 0 Å². The van der Waals surface area contributed by atoms with Gasteiger partial charge in [0.05, 0.1) is 11.3 Å². The van der Waals surface area contributed by atoms with Crippen LogP contribution in [-0.4, -0.2) is 40.7 Å². The zero-order valence-electron chi connectivity index (χ0n) is 10.2. The first-order valence-electron chi connectivity index (χ1n) is 5.82. The predicted molar refractivity (Wildman–Crippen MR) is 70.1 cm³/mol. The van der Waals surface area contributed by atoms with Crippen LogP contribution in [0.2, 0.25) is 0 Å². The van der Waals surface area contributed by atoms with Gasteiger partial charge in [0.1, 0.15) is 0 Å². The van der Waals surface area contributed by atoms with E-state index in [-0.39, 0.29) is 5.91 Å². The predicted octanol–water partition coefficient (Wildman–Crippen LogP) is 2.02. The third-order valence-electron chi connectivity index (χ3n) is 3.01. The van der Waals surface area contributed by atoms with E-state index in [1.54, 1.807) is 19.1 Å². The largest absolute Gasteiger partial charge is 0.478 e. The fourth-order valence-electron chi connectivity index (χ4n) is 1.72. The SMILES string of the molecule is Cc1ccc(SCC(=O)N2CCC2)cc1C(=O)O. The van der Waals surface area contributed by atoms with Gasteiger partial charge in [0.2, 0.25) is 5.91 Å². The number of carboxylic acids is 1. The fraction of sp³-hybridized carbons (Fsp3) is 0.385. The first-order chi connectivity index (χ1) is 8.58. The number of likely N-dealkylation sites (tertiary alicyclic amines) is 1. The summed E-state index contributed by atoms with van der Waals surface area (Å²) in [5.74, 6) is -0.421. The summed E-state index contributed by atoms with van der Waals surface area (Å²) in [4.78, 5) is 25.3. The minimum absolute atomic E-state index is 0.128. The third kappa shape index (κ3) is 2.85. The summed E-state index contributed by atoms with van der Waals surface area (Å²) in [7, 11) is 0. The van der Waals surface area contributed by atoms with Crippen molar-refractivity contribution in [1.29, 1.82) is 0 Å². The molecule has 1 N–H and O–H groups in total. The molecule has 1 aliphatic rings. The molecule has 0 saturated carbocycles. The van der Waals surface area contributed by atoms with E-state index < -0.39 is 5.97 Å². The van der Waals surface area contributed by atoms with Crippen molar-refractivity contribution >= 4 is 23.6 Å². The Bertz CT molecular complexity index is 483. The molecule has 96 valence electrons.